The maximum Gasteiger partial charge on any atom is 0.124 e. The molecule has 0 aliphatic carbocycles. The number of benzene rings is 1. The molecule has 1 N–H and O–H groups in total. The van der Waals surface area contributed by atoms with E-state index in [-0.39, 0.29) is 11.9 Å². The smallest absolute Gasteiger partial charge is 0.124 e. The molecule has 0 radical (unpaired) electrons. The van der Waals surface area contributed by atoms with Crippen LogP contribution >= 0.6 is 15.9 Å². The van der Waals surface area contributed by atoms with Crippen LogP contribution in [0.2, 0.25) is 0 Å². The molecule has 5 heteroatoms. The molecule has 0 fully saturated rings. The molecule has 1 aromatic heterocycles. The quantitative estimate of drug-likeness (QED) is 0.943. The van der Waals surface area contributed by atoms with E-state index in [4.69, 9.17) is 0 Å². The molecule has 0 amide bonds. The Bertz CT molecular complexity index is 499. The van der Waals surface area contributed by atoms with Crippen LogP contribution in [-0.4, -0.2) is 16.5 Å². The van der Waals surface area contributed by atoms with E-state index in [0.717, 1.165) is 17.8 Å². The van der Waals surface area contributed by atoms with Crippen molar-refractivity contribution < 1.29 is 4.39 Å². The zero-order valence-corrected chi connectivity index (χ0v) is 11.5. The minimum Gasteiger partial charge on any atom is -0.305 e. The molecule has 18 heavy (non-hydrogen) atoms. The molecule has 1 atom stereocenters. The highest BCUT2D eigenvalue weighted by Crippen LogP contribution is 2.24. The number of hydrogen-bond acceptors (Lipinski definition) is 3. The van der Waals surface area contributed by atoms with Crippen LogP contribution in [0.4, 0.5) is 4.39 Å². The lowest BCUT2D eigenvalue weighted by atomic mass is 10.0. The molecule has 0 spiro atoms. The van der Waals surface area contributed by atoms with Gasteiger partial charge in [0.25, 0.3) is 0 Å². The first-order chi connectivity index (χ1) is 8.70. The summed E-state index contributed by atoms with van der Waals surface area (Å²) in [5, 5.41) is 3.28. The molecular weight excluding hydrogens is 297 g/mol. The minimum atomic E-state index is -0.272. The van der Waals surface area contributed by atoms with Crippen molar-refractivity contribution in [3.8, 4) is 0 Å². The van der Waals surface area contributed by atoms with Gasteiger partial charge in [-0.25, -0.2) is 4.39 Å². The number of hydrogen-bond donors (Lipinski definition) is 1. The predicted molar refractivity (Wildman–Crippen MR) is 71.7 cm³/mol. The highest BCUT2D eigenvalue weighted by molar-refractivity contribution is 9.10. The highest BCUT2D eigenvalue weighted by atomic mass is 79.9. The van der Waals surface area contributed by atoms with Gasteiger partial charge in [-0.2, -0.15) is 0 Å². The molecule has 0 aliphatic rings. The summed E-state index contributed by atoms with van der Waals surface area (Å²) in [6, 6.07) is 4.66. The molecule has 1 heterocycles. The summed E-state index contributed by atoms with van der Waals surface area (Å²) in [4.78, 5) is 8.32. The first kappa shape index (κ1) is 13.1. The van der Waals surface area contributed by atoms with Crippen molar-refractivity contribution >= 4 is 15.9 Å². The van der Waals surface area contributed by atoms with E-state index >= 15 is 0 Å². The third kappa shape index (κ3) is 3.11. The third-order valence-corrected chi connectivity index (χ3v) is 2.96. The van der Waals surface area contributed by atoms with Gasteiger partial charge in [0.1, 0.15) is 5.82 Å². The SMILES string of the molecule is CCNC(c1cc(F)cc(Br)c1)c1cnccn1. The van der Waals surface area contributed by atoms with Crippen LogP contribution in [0.3, 0.4) is 0 Å². The third-order valence-electron chi connectivity index (χ3n) is 2.51. The highest BCUT2D eigenvalue weighted by Gasteiger charge is 2.15. The average molecular weight is 310 g/mol. The van der Waals surface area contributed by atoms with Crippen LogP contribution in [0.5, 0.6) is 0 Å². The zero-order chi connectivity index (χ0) is 13.0. The number of aromatic nitrogens is 2. The number of rotatable bonds is 4. The van der Waals surface area contributed by atoms with Crippen molar-refractivity contribution in [2.45, 2.75) is 13.0 Å². The fourth-order valence-electron chi connectivity index (χ4n) is 1.80. The standard InChI is InChI=1S/C13H13BrFN3/c1-2-17-13(12-8-16-3-4-18-12)9-5-10(14)7-11(15)6-9/h3-8,13,17H,2H2,1H3. The summed E-state index contributed by atoms with van der Waals surface area (Å²) < 4.78 is 14.2. The lowest BCUT2D eigenvalue weighted by Gasteiger charge is -2.17. The van der Waals surface area contributed by atoms with Crippen molar-refractivity contribution in [3.63, 3.8) is 0 Å². The van der Waals surface area contributed by atoms with Crippen LogP contribution in [-0.2, 0) is 0 Å². The van der Waals surface area contributed by atoms with E-state index in [2.05, 4.69) is 31.2 Å². The Morgan fingerprint density at radius 1 is 1.33 bits per heavy atom. The van der Waals surface area contributed by atoms with Crippen LogP contribution < -0.4 is 5.32 Å². The van der Waals surface area contributed by atoms with Gasteiger partial charge in [-0.15, -0.1) is 0 Å². The lowest BCUT2D eigenvalue weighted by molar-refractivity contribution is 0.593. The first-order valence-corrected chi connectivity index (χ1v) is 6.45. The van der Waals surface area contributed by atoms with E-state index in [1.165, 1.54) is 12.1 Å². The lowest BCUT2D eigenvalue weighted by Crippen LogP contribution is -2.23. The van der Waals surface area contributed by atoms with Crippen LogP contribution in [0.15, 0.2) is 41.3 Å². The molecule has 0 aliphatic heterocycles. The number of nitrogens with one attached hydrogen (secondary N) is 1. The molecule has 3 nitrogen and oxygen atoms in total. The molecule has 0 bridgehead atoms. The maximum atomic E-state index is 13.5. The summed E-state index contributed by atoms with van der Waals surface area (Å²) >= 11 is 3.30. The molecule has 2 rings (SSSR count). The van der Waals surface area contributed by atoms with E-state index in [1.807, 2.05) is 13.0 Å². The van der Waals surface area contributed by atoms with Crippen LogP contribution in [0.25, 0.3) is 0 Å². The first-order valence-electron chi connectivity index (χ1n) is 5.66. The summed E-state index contributed by atoms with van der Waals surface area (Å²) in [7, 11) is 0. The zero-order valence-electron chi connectivity index (χ0n) is 9.90. The van der Waals surface area contributed by atoms with E-state index in [9.17, 15) is 4.39 Å². The number of halogens is 2. The van der Waals surface area contributed by atoms with E-state index in [1.54, 1.807) is 18.6 Å². The summed E-state index contributed by atoms with van der Waals surface area (Å²) in [6.07, 6.45) is 4.94. The maximum absolute atomic E-state index is 13.5. The second-order valence-electron chi connectivity index (χ2n) is 3.82. The predicted octanol–water partition coefficient (Wildman–Crippen LogP) is 3.08. The fraction of sp³-hybridized carbons (Fsp3) is 0.231. The topological polar surface area (TPSA) is 37.8 Å². The van der Waals surface area contributed by atoms with Gasteiger partial charge in [0, 0.05) is 16.9 Å². The van der Waals surface area contributed by atoms with Crippen LogP contribution in [0.1, 0.15) is 24.2 Å². The van der Waals surface area contributed by atoms with E-state index < -0.39 is 0 Å². The molecular formula is C13H13BrFN3. The second-order valence-corrected chi connectivity index (χ2v) is 4.74. The average Bonchev–Trinajstić information content (AvgIpc) is 2.36. The second kappa shape index (κ2) is 6.02. The fourth-order valence-corrected chi connectivity index (χ4v) is 2.28. The van der Waals surface area contributed by atoms with Gasteiger partial charge >= 0.3 is 0 Å². The van der Waals surface area contributed by atoms with E-state index in [0.29, 0.717) is 4.47 Å². The molecule has 1 aromatic carbocycles. The number of nitrogens with zero attached hydrogens (tertiary/aromatic N) is 2. The normalized spacial score (nSPS) is 12.4. The Kier molecular flexibility index (Phi) is 4.38. The van der Waals surface area contributed by atoms with Gasteiger partial charge in [-0.05, 0) is 30.3 Å². The van der Waals surface area contributed by atoms with Crippen molar-refractivity contribution in [2.75, 3.05) is 6.54 Å². The molecule has 94 valence electrons. The van der Waals surface area contributed by atoms with Crippen molar-refractivity contribution in [1.82, 2.24) is 15.3 Å². The van der Waals surface area contributed by atoms with Gasteiger partial charge < -0.3 is 5.32 Å². The minimum absolute atomic E-state index is 0.157. The van der Waals surface area contributed by atoms with Gasteiger partial charge in [-0.1, -0.05) is 22.9 Å². The van der Waals surface area contributed by atoms with Crippen molar-refractivity contribution in [1.29, 1.82) is 0 Å². The monoisotopic (exact) mass is 309 g/mol. The molecule has 0 saturated carbocycles. The molecule has 1 unspecified atom stereocenters. The molecule has 2 aromatic rings. The van der Waals surface area contributed by atoms with Crippen molar-refractivity contribution in [2.24, 2.45) is 0 Å². The van der Waals surface area contributed by atoms with Gasteiger partial charge in [0.05, 0.1) is 17.9 Å². The summed E-state index contributed by atoms with van der Waals surface area (Å²) in [5.74, 6) is -0.272. The summed E-state index contributed by atoms with van der Waals surface area (Å²) in [6.45, 7) is 2.76. The Morgan fingerprint density at radius 3 is 2.78 bits per heavy atom. The Balaban J connectivity index is 2.41. The van der Waals surface area contributed by atoms with Crippen molar-refractivity contribution in [3.05, 3.63) is 58.3 Å². The summed E-state index contributed by atoms with van der Waals surface area (Å²) in [5.41, 5.74) is 1.60. The van der Waals surface area contributed by atoms with Crippen LogP contribution in [0, 0.1) is 5.82 Å². The largest absolute Gasteiger partial charge is 0.305 e. The Morgan fingerprint density at radius 2 is 2.17 bits per heavy atom. The van der Waals surface area contributed by atoms with Gasteiger partial charge in [0.15, 0.2) is 0 Å². The molecule has 0 saturated heterocycles. The van der Waals surface area contributed by atoms with Gasteiger partial charge in [0.2, 0.25) is 0 Å². The van der Waals surface area contributed by atoms with Gasteiger partial charge in [-0.3, -0.25) is 9.97 Å². The Labute approximate surface area is 114 Å². The Hall–Kier alpha value is -1.33.